The summed E-state index contributed by atoms with van der Waals surface area (Å²) in [6.07, 6.45) is 1.80. The van der Waals surface area contributed by atoms with Crippen molar-refractivity contribution in [1.29, 1.82) is 0 Å². The van der Waals surface area contributed by atoms with Gasteiger partial charge in [-0.25, -0.2) is 9.67 Å². The molecule has 2 N–H and O–H groups in total. The molecule has 2 aromatic carbocycles. The maximum Gasteiger partial charge on any atom is 0.229 e. The second-order valence-corrected chi connectivity index (χ2v) is 10.1. The molecule has 2 aromatic heterocycles. The van der Waals surface area contributed by atoms with Crippen molar-refractivity contribution < 1.29 is 4.79 Å². The van der Waals surface area contributed by atoms with E-state index in [2.05, 4.69) is 78.7 Å². The molecule has 5 rings (SSSR count). The van der Waals surface area contributed by atoms with Crippen LogP contribution in [0.5, 0.6) is 0 Å². The Balaban J connectivity index is 1.44. The second kappa shape index (κ2) is 8.37. The van der Waals surface area contributed by atoms with E-state index in [0.29, 0.717) is 12.5 Å². The Morgan fingerprint density at radius 3 is 2.54 bits per heavy atom. The van der Waals surface area contributed by atoms with E-state index in [-0.39, 0.29) is 11.3 Å². The Labute approximate surface area is 205 Å². The Kier molecular flexibility index (Phi) is 5.46. The maximum absolute atomic E-state index is 12.1. The molecule has 0 spiro atoms. The monoisotopic (exact) mass is 469 g/mol. The van der Waals surface area contributed by atoms with Crippen molar-refractivity contribution in [1.82, 2.24) is 24.6 Å². The number of carbonyl (C=O) groups is 1. The average molecular weight is 470 g/mol. The molecule has 8 nitrogen and oxygen atoms in total. The number of fused-ring (bicyclic) bond motifs is 2. The van der Waals surface area contributed by atoms with Gasteiger partial charge in [-0.3, -0.25) is 4.79 Å². The second-order valence-electron chi connectivity index (χ2n) is 10.1. The van der Waals surface area contributed by atoms with Crippen LogP contribution in [-0.2, 0) is 23.8 Å². The van der Waals surface area contributed by atoms with E-state index in [0.717, 1.165) is 51.5 Å². The Morgan fingerprint density at radius 1 is 1.09 bits per heavy atom. The third-order valence-corrected chi connectivity index (χ3v) is 6.79. The van der Waals surface area contributed by atoms with Gasteiger partial charge >= 0.3 is 0 Å². The summed E-state index contributed by atoms with van der Waals surface area (Å²) in [6.45, 7) is 11.5. The maximum atomic E-state index is 12.1. The van der Waals surface area contributed by atoms with Crippen molar-refractivity contribution >= 4 is 40.1 Å². The minimum Gasteiger partial charge on any atom is -0.338 e. The third-order valence-electron chi connectivity index (χ3n) is 6.79. The normalized spacial score (nSPS) is 14.6. The molecule has 1 amide bonds. The van der Waals surface area contributed by atoms with Crippen LogP contribution in [0.15, 0.2) is 42.6 Å². The van der Waals surface area contributed by atoms with Crippen LogP contribution in [0.1, 0.15) is 43.0 Å². The first kappa shape index (κ1) is 22.8. The van der Waals surface area contributed by atoms with Crippen LogP contribution in [0.4, 0.5) is 23.1 Å². The number of rotatable bonds is 4. The highest BCUT2D eigenvalue weighted by molar-refractivity contribution is 5.90. The highest BCUT2D eigenvalue weighted by Crippen LogP contribution is 2.35. The van der Waals surface area contributed by atoms with Gasteiger partial charge in [-0.05, 0) is 48.2 Å². The number of para-hydroxylation sites is 1. The van der Waals surface area contributed by atoms with Gasteiger partial charge in [-0.15, -0.1) is 0 Å². The van der Waals surface area contributed by atoms with Crippen molar-refractivity contribution in [3.63, 3.8) is 0 Å². The lowest BCUT2D eigenvalue weighted by Gasteiger charge is -2.39. The van der Waals surface area contributed by atoms with Crippen molar-refractivity contribution in [3.05, 3.63) is 64.8 Å². The quantitative estimate of drug-likeness (QED) is 0.432. The molecule has 3 heterocycles. The summed E-state index contributed by atoms with van der Waals surface area (Å²) < 4.78 is 1.76. The number of nitrogens with zero attached hydrogens (tertiary/aromatic N) is 5. The van der Waals surface area contributed by atoms with E-state index in [4.69, 9.17) is 4.98 Å². The van der Waals surface area contributed by atoms with Crippen LogP contribution in [0.3, 0.4) is 0 Å². The Morgan fingerprint density at radius 2 is 1.83 bits per heavy atom. The smallest absolute Gasteiger partial charge is 0.229 e. The molecule has 180 valence electrons. The molecular formula is C27H31N7O. The number of aryl methyl sites for hydroxylation is 3. The van der Waals surface area contributed by atoms with E-state index in [1.807, 2.05) is 18.0 Å². The molecule has 4 aromatic rings. The number of anilines is 4. The fourth-order valence-corrected chi connectivity index (χ4v) is 4.96. The van der Waals surface area contributed by atoms with Crippen LogP contribution in [0.2, 0.25) is 0 Å². The van der Waals surface area contributed by atoms with Gasteiger partial charge in [-0.1, -0.05) is 38.1 Å². The summed E-state index contributed by atoms with van der Waals surface area (Å²) in [5.74, 6) is 1.32. The molecule has 0 saturated carbocycles. The standard InChI is InChI=1S/C27H31N7O/c1-16-8-7-9-17(2)23(16)30-24-21-13-28-26(31-25(21)33(6)32-24)29-20-10-11-22-19(12-20)14-34(18(3)35)15-27(22,4)5/h7-13H,14-15H2,1-6H3,(H,30,32)(H,28,29,31). The number of amides is 1. The summed E-state index contributed by atoms with van der Waals surface area (Å²) >= 11 is 0. The summed E-state index contributed by atoms with van der Waals surface area (Å²) in [6, 6.07) is 12.5. The number of nitrogens with one attached hydrogen (secondary N) is 2. The van der Waals surface area contributed by atoms with Gasteiger partial charge < -0.3 is 15.5 Å². The number of hydrogen-bond donors (Lipinski definition) is 2. The predicted octanol–water partition coefficient (Wildman–Crippen LogP) is 5.11. The molecule has 0 saturated heterocycles. The van der Waals surface area contributed by atoms with E-state index in [9.17, 15) is 4.79 Å². The number of aromatic nitrogens is 4. The van der Waals surface area contributed by atoms with E-state index in [1.54, 1.807) is 17.8 Å². The third kappa shape index (κ3) is 4.20. The Bertz CT molecular complexity index is 1430. The first-order valence-electron chi connectivity index (χ1n) is 11.8. The zero-order chi connectivity index (χ0) is 24.9. The van der Waals surface area contributed by atoms with E-state index >= 15 is 0 Å². The zero-order valence-electron chi connectivity index (χ0n) is 21.1. The summed E-state index contributed by atoms with van der Waals surface area (Å²) in [5, 5.41) is 12.3. The molecule has 1 aliphatic rings. The lowest BCUT2D eigenvalue weighted by molar-refractivity contribution is -0.130. The summed E-state index contributed by atoms with van der Waals surface area (Å²) in [5.41, 5.74) is 7.29. The molecule has 0 unspecified atom stereocenters. The number of hydrogen-bond acceptors (Lipinski definition) is 6. The predicted molar refractivity (Wildman–Crippen MR) is 139 cm³/mol. The molecule has 35 heavy (non-hydrogen) atoms. The van der Waals surface area contributed by atoms with Crippen LogP contribution >= 0.6 is 0 Å². The van der Waals surface area contributed by atoms with Gasteiger partial charge in [0.2, 0.25) is 11.9 Å². The zero-order valence-corrected chi connectivity index (χ0v) is 21.1. The fourth-order valence-electron chi connectivity index (χ4n) is 4.96. The van der Waals surface area contributed by atoms with Gasteiger partial charge in [-0.2, -0.15) is 10.1 Å². The highest BCUT2D eigenvalue weighted by atomic mass is 16.2. The number of carbonyl (C=O) groups excluding carboxylic acids is 1. The fraction of sp³-hybridized carbons (Fsp3) is 0.333. The van der Waals surface area contributed by atoms with Crippen LogP contribution < -0.4 is 10.6 Å². The largest absolute Gasteiger partial charge is 0.338 e. The number of benzene rings is 2. The molecule has 0 radical (unpaired) electrons. The minimum atomic E-state index is -0.0965. The van der Waals surface area contributed by atoms with Crippen LogP contribution in [0, 0.1) is 13.8 Å². The molecule has 0 bridgehead atoms. The first-order chi connectivity index (χ1) is 16.6. The van der Waals surface area contributed by atoms with Gasteiger partial charge in [0.05, 0.1) is 5.39 Å². The topological polar surface area (TPSA) is 88.0 Å². The Hall–Kier alpha value is -3.94. The van der Waals surface area contributed by atoms with Crippen LogP contribution in [0.25, 0.3) is 11.0 Å². The SMILES string of the molecule is CC(=O)N1Cc2cc(Nc3ncc4c(Nc5c(C)cccc5C)nn(C)c4n3)ccc2C(C)(C)C1. The van der Waals surface area contributed by atoms with Crippen molar-refractivity contribution in [2.75, 3.05) is 17.2 Å². The van der Waals surface area contributed by atoms with E-state index < -0.39 is 0 Å². The minimum absolute atomic E-state index is 0.0948. The summed E-state index contributed by atoms with van der Waals surface area (Å²) in [4.78, 5) is 23.3. The average Bonchev–Trinajstić information content (AvgIpc) is 3.10. The van der Waals surface area contributed by atoms with Crippen LogP contribution in [-0.4, -0.2) is 37.1 Å². The molecule has 1 aliphatic heterocycles. The van der Waals surface area contributed by atoms with Gasteiger partial charge in [0.15, 0.2) is 11.5 Å². The molecule has 0 atom stereocenters. The molecule has 8 heteroatoms. The lowest BCUT2D eigenvalue weighted by Crippen LogP contribution is -2.44. The summed E-state index contributed by atoms with van der Waals surface area (Å²) in [7, 11) is 1.88. The molecule has 0 aliphatic carbocycles. The first-order valence-corrected chi connectivity index (χ1v) is 11.8. The van der Waals surface area contributed by atoms with Crippen molar-refractivity contribution in [3.8, 4) is 0 Å². The van der Waals surface area contributed by atoms with Gasteiger partial charge in [0.25, 0.3) is 0 Å². The van der Waals surface area contributed by atoms with Crippen molar-refractivity contribution in [2.45, 2.75) is 46.6 Å². The van der Waals surface area contributed by atoms with Crippen molar-refractivity contribution in [2.24, 2.45) is 7.05 Å². The lowest BCUT2D eigenvalue weighted by atomic mass is 9.78. The van der Waals surface area contributed by atoms with E-state index in [1.165, 1.54) is 5.56 Å². The van der Waals surface area contributed by atoms with Gasteiger partial charge in [0, 0.05) is 50.0 Å². The van der Waals surface area contributed by atoms with Gasteiger partial charge in [0.1, 0.15) is 0 Å². The highest BCUT2D eigenvalue weighted by Gasteiger charge is 2.32. The molecule has 0 fully saturated rings. The molecular weight excluding hydrogens is 438 g/mol.